The van der Waals surface area contributed by atoms with Gasteiger partial charge in [-0.1, -0.05) is 0 Å². The predicted octanol–water partition coefficient (Wildman–Crippen LogP) is -1.65. The molecule has 14 heteroatoms. The predicted molar refractivity (Wildman–Crippen MR) is 85.5 cm³/mol. The zero-order valence-corrected chi connectivity index (χ0v) is 15.1. The molecule has 2 rings (SSSR count). The number of hydrogen-bond donors (Lipinski definition) is 5. The summed E-state index contributed by atoms with van der Waals surface area (Å²) in [7, 11) is -3.65. The van der Waals surface area contributed by atoms with Gasteiger partial charge in [-0.3, -0.25) is 23.7 Å². The Kier molecular flexibility index (Phi) is 6.47. The van der Waals surface area contributed by atoms with Crippen molar-refractivity contribution in [3.05, 3.63) is 26.9 Å². The molecule has 12 nitrogen and oxygen atoms in total. The first-order valence-corrected chi connectivity index (χ1v) is 9.10. The summed E-state index contributed by atoms with van der Waals surface area (Å²) in [6.07, 6.45) is -4.81. The second-order valence-electron chi connectivity index (χ2n) is 5.41. The van der Waals surface area contributed by atoms with Gasteiger partial charge in [0.15, 0.2) is 11.0 Å². The number of esters is 1. The van der Waals surface area contributed by atoms with Crippen LogP contribution in [0.2, 0.25) is 0 Å². The van der Waals surface area contributed by atoms with E-state index in [1.807, 2.05) is 0 Å². The average molecular weight is 412 g/mol. The number of aliphatic hydroxyl groups excluding tert-OH is 2. The number of ether oxygens (including phenoxy) is 2. The summed E-state index contributed by atoms with van der Waals surface area (Å²) in [6, 6.07) is 0. The molecule has 1 fully saturated rings. The molecule has 1 aromatic heterocycles. The van der Waals surface area contributed by atoms with Gasteiger partial charge in [0, 0.05) is 11.8 Å². The van der Waals surface area contributed by atoms with Crippen LogP contribution in [0, 0.1) is 4.77 Å². The normalized spacial score (nSPS) is 26.0. The van der Waals surface area contributed by atoms with Crippen LogP contribution in [0.25, 0.3) is 0 Å². The molecule has 2 heterocycles. The van der Waals surface area contributed by atoms with Crippen LogP contribution in [0.15, 0.2) is 11.0 Å². The van der Waals surface area contributed by atoms with Gasteiger partial charge in [0.25, 0.3) is 5.56 Å². The third-order valence-corrected chi connectivity index (χ3v) is 4.42. The Bertz CT molecular complexity index is 832. The van der Waals surface area contributed by atoms with Crippen LogP contribution in [0.3, 0.4) is 0 Å². The molecule has 0 radical (unpaired) electrons. The number of nitrogens with one attached hydrogen (secondary N) is 1. The zero-order valence-electron chi connectivity index (χ0n) is 13.3. The summed E-state index contributed by atoms with van der Waals surface area (Å²) in [6.45, 7) is -0.690. The first kappa shape index (κ1) is 20.9. The van der Waals surface area contributed by atoms with Gasteiger partial charge in [-0.2, -0.15) is 0 Å². The van der Waals surface area contributed by atoms with Crippen LogP contribution < -0.4 is 5.56 Å². The summed E-state index contributed by atoms with van der Waals surface area (Å²) >= 11 is 4.99. The van der Waals surface area contributed by atoms with E-state index in [1.165, 1.54) is 6.20 Å². The molecule has 1 aliphatic heterocycles. The van der Waals surface area contributed by atoms with E-state index in [9.17, 15) is 24.4 Å². The Hall–Kier alpha value is -1.44. The quantitative estimate of drug-likeness (QED) is 0.205. The summed E-state index contributed by atoms with van der Waals surface area (Å²) in [4.78, 5) is 43.0. The number of aromatic nitrogens is 2. The first-order valence-electron chi connectivity index (χ1n) is 7.16. The average Bonchev–Trinajstić information content (AvgIpc) is 2.82. The van der Waals surface area contributed by atoms with Crippen LogP contribution in [0.1, 0.15) is 11.8 Å². The summed E-state index contributed by atoms with van der Waals surface area (Å²) in [5.74, 6) is -0.681. The minimum Gasteiger partial charge on any atom is -0.469 e. The Balaban J connectivity index is 2.28. The first-order chi connectivity index (χ1) is 12.0. The molecular formula is C12H17N2O10PS. The minimum atomic E-state index is -4.80. The molecule has 1 aromatic rings. The molecule has 0 spiro atoms. The molecule has 146 valence electrons. The molecule has 4 atom stereocenters. The summed E-state index contributed by atoms with van der Waals surface area (Å²) in [5.41, 5.74) is -0.656. The van der Waals surface area contributed by atoms with Crippen molar-refractivity contribution in [3.8, 4) is 0 Å². The van der Waals surface area contributed by atoms with Crippen LogP contribution >= 0.6 is 20.0 Å². The lowest BCUT2D eigenvalue weighted by Crippen LogP contribution is -2.34. The van der Waals surface area contributed by atoms with Crippen molar-refractivity contribution in [2.24, 2.45) is 0 Å². The monoisotopic (exact) mass is 412 g/mol. The minimum absolute atomic E-state index is 0.0225. The van der Waals surface area contributed by atoms with Gasteiger partial charge >= 0.3 is 13.8 Å². The highest BCUT2D eigenvalue weighted by Crippen LogP contribution is 2.38. The molecule has 0 bridgehead atoms. The second kappa shape index (κ2) is 8.06. The standard InChI is InChI=1S/C12H17N2O10PS/c1-22-7(15)2-5-3-14(12(26)13-10(5)18)11-9(17)8(16)6(24-11)4-23-25(19,20)21/h3,6,8-9,11,16-17H,2,4H2,1H3,(H,13,18,26)(H2,19,20,21). The summed E-state index contributed by atoms with van der Waals surface area (Å²) in [5, 5.41) is 20.1. The molecule has 0 saturated carbocycles. The van der Waals surface area contributed by atoms with Crippen LogP contribution in [-0.2, 0) is 29.8 Å². The van der Waals surface area contributed by atoms with Crippen LogP contribution in [0.5, 0.6) is 0 Å². The van der Waals surface area contributed by atoms with Crippen molar-refractivity contribution in [2.45, 2.75) is 31.0 Å². The van der Waals surface area contributed by atoms with E-state index >= 15 is 0 Å². The van der Waals surface area contributed by atoms with E-state index in [-0.39, 0.29) is 16.8 Å². The lowest BCUT2D eigenvalue weighted by atomic mass is 10.1. The largest absolute Gasteiger partial charge is 0.469 e. The zero-order chi connectivity index (χ0) is 19.6. The number of phosphoric acid groups is 1. The highest BCUT2D eigenvalue weighted by molar-refractivity contribution is 7.71. The molecule has 0 amide bonds. The van der Waals surface area contributed by atoms with Crippen molar-refractivity contribution < 1.29 is 43.4 Å². The van der Waals surface area contributed by atoms with E-state index in [1.54, 1.807) is 0 Å². The van der Waals surface area contributed by atoms with Crippen molar-refractivity contribution in [2.75, 3.05) is 13.7 Å². The van der Waals surface area contributed by atoms with Gasteiger partial charge in [-0.25, -0.2) is 4.57 Å². The highest BCUT2D eigenvalue weighted by Gasteiger charge is 2.44. The topological polar surface area (TPSA) is 181 Å². The number of aliphatic hydroxyl groups is 2. The van der Waals surface area contributed by atoms with Gasteiger partial charge in [-0.15, -0.1) is 0 Å². The lowest BCUT2D eigenvalue weighted by molar-refractivity contribution is -0.139. The molecule has 4 unspecified atom stereocenters. The highest BCUT2D eigenvalue weighted by atomic mass is 32.1. The Morgan fingerprint density at radius 3 is 2.65 bits per heavy atom. The fourth-order valence-electron chi connectivity index (χ4n) is 2.34. The molecule has 0 aliphatic carbocycles. The number of H-pyrrole nitrogens is 1. The number of nitrogens with zero attached hydrogens (tertiary/aromatic N) is 1. The maximum Gasteiger partial charge on any atom is 0.469 e. The number of rotatable bonds is 6. The molecule has 26 heavy (non-hydrogen) atoms. The van der Waals surface area contributed by atoms with E-state index < -0.39 is 50.5 Å². The van der Waals surface area contributed by atoms with Gasteiger partial charge in [0.1, 0.15) is 18.3 Å². The number of carbonyl (C=O) groups is 1. The fraction of sp³-hybridized carbons (Fsp3) is 0.583. The Morgan fingerprint density at radius 1 is 1.42 bits per heavy atom. The van der Waals surface area contributed by atoms with E-state index in [4.69, 9.17) is 26.7 Å². The molecule has 0 aromatic carbocycles. The van der Waals surface area contributed by atoms with Gasteiger partial charge in [-0.05, 0) is 12.2 Å². The van der Waals surface area contributed by atoms with Gasteiger partial charge in [0.05, 0.1) is 20.1 Å². The summed E-state index contributed by atoms with van der Waals surface area (Å²) < 4.78 is 25.8. The van der Waals surface area contributed by atoms with Gasteiger partial charge in [0.2, 0.25) is 0 Å². The number of carbonyl (C=O) groups excluding carboxylic acids is 1. The smallest absolute Gasteiger partial charge is 0.469 e. The number of methoxy groups -OCH3 is 1. The van der Waals surface area contributed by atoms with Crippen molar-refractivity contribution in [1.29, 1.82) is 0 Å². The van der Waals surface area contributed by atoms with Gasteiger partial charge < -0.3 is 29.5 Å². The van der Waals surface area contributed by atoms with E-state index in [0.717, 1.165) is 11.7 Å². The number of aromatic amines is 1. The SMILES string of the molecule is COC(=O)Cc1cn(C2OC(COP(=O)(O)O)C(O)C2O)c(=S)[nH]c1=O. The third kappa shape index (κ3) is 4.84. The maximum atomic E-state index is 11.9. The maximum absolute atomic E-state index is 11.9. The molecular weight excluding hydrogens is 395 g/mol. The molecule has 5 N–H and O–H groups in total. The lowest BCUT2D eigenvalue weighted by Gasteiger charge is -2.19. The van der Waals surface area contributed by atoms with Crippen molar-refractivity contribution >= 4 is 26.0 Å². The Labute approximate surface area is 151 Å². The third-order valence-electron chi connectivity index (χ3n) is 3.62. The molecule has 1 aliphatic rings. The fourth-order valence-corrected chi connectivity index (χ4v) is 2.93. The van der Waals surface area contributed by atoms with Crippen molar-refractivity contribution in [1.82, 2.24) is 9.55 Å². The van der Waals surface area contributed by atoms with Crippen molar-refractivity contribution in [3.63, 3.8) is 0 Å². The number of hydrogen-bond acceptors (Lipinski definition) is 9. The Morgan fingerprint density at radius 2 is 2.08 bits per heavy atom. The number of phosphoric ester groups is 1. The second-order valence-corrected chi connectivity index (χ2v) is 7.03. The molecule has 1 saturated heterocycles. The van der Waals surface area contributed by atoms with E-state index in [2.05, 4.69) is 14.2 Å². The van der Waals surface area contributed by atoms with E-state index in [0.29, 0.717) is 0 Å². The van der Waals surface area contributed by atoms with Crippen LogP contribution in [-0.4, -0.2) is 67.5 Å². The van der Waals surface area contributed by atoms with Crippen LogP contribution in [0.4, 0.5) is 0 Å².